The first kappa shape index (κ1) is 28.9. The summed E-state index contributed by atoms with van der Waals surface area (Å²) in [4.78, 5) is 29.4. The SMILES string of the molecule is COCCN1CCC(N2CCC(c3cc(C)c4nc(-c5c(NCCn6cc(Cl)cn6)cc[nH]c5=O)[nH]c4c3)CC2)CC1. The topological polar surface area (TPSA) is 107 Å². The molecule has 42 heavy (non-hydrogen) atoms. The van der Waals surface area contributed by atoms with Crippen molar-refractivity contribution in [2.24, 2.45) is 0 Å². The highest BCUT2D eigenvalue weighted by molar-refractivity contribution is 6.30. The summed E-state index contributed by atoms with van der Waals surface area (Å²) in [6, 6.07) is 7.12. The van der Waals surface area contributed by atoms with Gasteiger partial charge in [-0.15, -0.1) is 0 Å². The van der Waals surface area contributed by atoms with Crippen LogP contribution < -0.4 is 10.9 Å². The predicted molar refractivity (Wildman–Crippen MR) is 168 cm³/mol. The number of ether oxygens (including phenoxy) is 1. The molecule has 0 radical (unpaired) electrons. The molecule has 1 aromatic carbocycles. The third kappa shape index (κ3) is 6.41. The maximum absolute atomic E-state index is 13.0. The lowest BCUT2D eigenvalue weighted by Gasteiger charge is -2.42. The number of nitrogens with zero attached hydrogens (tertiary/aromatic N) is 5. The van der Waals surface area contributed by atoms with Gasteiger partial charge in [0.15, 0.2) is 0 Å². The van der Waals surface area contributed by atoms with E-state index in [4.69, 9.17) is 21.3 Å². The van der Waals surface area contributed by atoms with Crippen molar-refractivity contribution in [3.8, 4) is 11.4 Å². The molecule has 2 saturated heterocycles. The van der Waals surface area contributed by atoms with Crippen LogP contribution in [-0.2, 0) is 11.3 Å². The van der Waals surface area contributed by atoms with Crippen LogP contribution in [0.1, 0.15) is 42.7 Å². The van der Waals surface area contributed by atoms with E-state index in [1.807, 2.05) is 6.07 Å². The lowest BCUT2D eigenvalue weighted by atomic mass is 9.87. The Hall–Kier alpha value is -3.18. The van der Waals surface area contributed by atoms with Crippen LogP contribution in [0.4, 0.5) is 5.69 Å². The van der Waals surface area contributed by atoms with Crippen LogP contribution in [0.5, 0.6) is 0 Å². The van der Waals surface area contributed by atoms with Crippen molar-refractivity contribution in [2.45, 2.75) is 51.1 Å². The number of aryl methyl sites for hydroxylation is 1. The number of halogens is 1. The summed E-state index contributed by atoms with van der Waals surface area (Å²) < 4.78 is 7.03. The zero-order chi connectivity index (χ0) is 29.1. The van der Waals surface area contributed by atoms with E-state index < -0.39 is 0 Å². The van der Waals surface area contributed by atoms with Gasteiger partial charge in [0.25, 0.3) is 5.56 Å². The first-order valence-corrected chi connectivity index (χ1v) is 15.5. The van der Waals surface area contributed by atoms with Crippen LogP contribution in [-0.4, -0.2) is 93.6 Å². The number of benzene rings is 1. The second kappa shape index (κ2) is 13.0. The number of piperidine rings is 2. The number of hydrogen-bond acceptors (Lipinski definition) is 7. The number of fused-ring (bicyclic) bond motifs is 1. The number of likely N-dealkylation sites (tertiary alicyclic amines) is 2. The Balaban J connectivity index is 1.13. The van der Waals surface area contributed by atoms with E-state index in [9.17, 15) is 4.79 Å². The van der Waals surface area contributed by atoms with Crippen molar-refractivity contribution in [3.05, 3.63) is 63.3 Å². The highest BCUT2D eigenvalue weighted by Crippen LogP contribution is 2.34. The largest absolute Gasteiger partial charge is 0.383 e. The number of H-pyrrole nitrogens is 2. The summed E-state index contributed by atoms with van der Waals surface area (Å²) in [6.45, 7) is 9.83. The summed E-state index contributed by atoms with van der Waals surface area (Å²) in [5, 5.41) is 8.20. The Morgan fingerprint density at radius 3 is 2.67 bits per heavy atom. The number of pyridine rings is 1. The fourth-order valence-electron chi connectivity index (χ4n) is 6.63. The van der Waals surface area contributed by atoms with Gasteiger partial charge in [0.2, 0.25) is 0 Å². The van der Waals surface area contributed by atoms with Gasteiger partial charge < -0.3 is 29.8 Å². The molecule has 2 aliphatic heterocycles. The third-order valence-corrected chi connectivity index (χ3v) is 9.14. The lowest BCUT2D eigenvalue weighted by Crippen LogP contribution is -2.48. The van der Waals surface area contributed by atoms with Crippen molar-refractivity contribution in [2.75, 3.05) is 58.3 Å². The van der Waals surface area contributed by atoms with Crippen molar-refractivity contribution in [3.63, 3.8) is 0 Å². The Kier molecular flexibility index (Phi) is 8.95. The Morgan fingerprint density at radius 2 is 1.93 bits per heavy atom. The highest BCUT2D eigenvalue weighted by Gasteiger charge is 2.29. The molecule has 2 fully saturated rings. The molecule has 11 heteroatoms. The Labute approximate surface area is 251 Å². The average Bonchev–Trinajstić information content (AvgIpc) is 3.62. The minimum Gasteiger partial charge on any atom is -0.383 e. The number of aromatic nitrogens is 5. The smallest absolute Gasteiger partial charge is 0.261 e. The van der Waals surface area contributed by atoms with Gasteiger partial charge in [-0.05, 0) is 88.0 Å². The second-order valence-electron chi connectivity index (χ2n) is 11.6. The predicted octanol–water partition coefficient (Wildman–Crippen LogP) is 4.48. The van der Waals surface area contributed by atoms with Gasteiger partial charge in [-0.25, -0.2) is 4.98 Å². The highest BCUT2D eigenvalue weighted by atomic mass is 35.5. The van der Waals surface area contributed by atoms with Gasteiger partial charge >= 0.3 is 0 Å². The van der Waals surface area contributed by atoms with Crippen LogP contribution in [0.25, 0.3) is 22.4 Å². The van der Waals surface area contributed by atoms with Crippen molar-refractivity contribution >= 4 is 28.3 Å². The van der Waals surface area contributed by atoms with Crippen LogP contribution in [0.3, 0.4) is 0 Å². The average molecular weight is 593 g/mol. The van der Waals surface area contributed by atoms with E-state index in [1.54, 1.807) is 30.4 Å². The molecule has 0 unspecified atom stereocenters. The van der Waals surface area contributed by atoms with E-state index >= 15 is 0 Å². The van der Waals surface area contributed by atoms with E-state index in [2.05, 4.69) is 49.2 Å². The number of hydrogen-bond donors (Lipinski definition) is 3. The van der Waals surface area contributed by atoms with Crippen LogP contribution in [0.2, 0.25) is 5.02 Å². The number of anilines is 1. The van der Waals surface area contributed by atoms with Gasteiger partial charge in [-0.2, -0.15) is 5.10 Å². The second-order valence-corrected chi connectivity index (χ2v) is 12.1. The summed E-state index contributed by atoms with van der Waals surface area (Å²) in [7, 11) is 1.78. The van der Waals surface area contributed by atoms with Gasteiger partial charge in [-0.3, -0.25) is 9.48 Å². The molecule has 6 rings (SSSR count). The third-order valence-electron chi connectivity index (χ3n) is 8.94. The van der Waals surface area contributed by atoms with Gasteiger partial charge in [-0.1, -0.05) is 17.7 Å². The fourth-order valence-corrected chi connectivity index (χ4v) is 6.78. The molecule has 10 nitrogen and oxygen atoms in total. The van der Waals surface area contributed by atoms with Gasteiger partial charge in [0.1, 0.15) is 11.4 Å². The van der Waals surface area contributed by atoms with E-state index in [1.165, 1.54) is 44.3 Å². The first-order valence-electron chi connectivity index (χ1n) is 15.1. The first-order chi connectivity index (χ1) is 20.5. The van der Waals surface area contributed by atoms with Crippen molar-refractivity contribution in [1.29, 1.82) is 0 Å². The molecule has 3 aromatic heterocycles. The number of methoxy groups -OCH3 is 1. The standard InChI is InChI=1S/C31H41ClN8O2/c1-21-17-23(22-4-12-39(13-5-22)25-6-10-38(11-7-25)15-16-42-2)18-27-29(21)37-30(36-27)28-26(3-8-34-31(28)41)33-9-14-40-20-24(32)19-35-40/h3,8,17-20,22,25H,4-7,9-16H2,1-2H3,(H,36,37)(H2,33,34,41). The fraction of sp³-hybridized carbons (Fsp3) is 0.516. The summed E-state index contributed by atoms with van der Waals surface area (Å²) in [6.07, 6.45) is 9.89. The van der Waals surface area contributed by atoms with E-state index in [0.29, 0.717) is 41.5 Å². The summed E-state index contributed by atoms with van der Waals surface area (Å²) in [5.74, 6) is 1.11. The normalized spacial score (nSPS) is 17.8. The van der Waals surface area contributed by atoms with Crippen LogP contribution >= 0.6 is 11.6 Å². The number of aromatic amines is 2. The molecule has 224 valence electrons. The van der Waals surface area contributed by atoms with Crippen LogP contribution in [0.15, 0.2) is 41.6 Å². The monoisotopic (exact) mass is 592 g/mol. The van der Waals surface area contributed by atoms with E-state index in [0.717, 1.165) is 48.5 Å². The molecule has 5 heterocycles. The molecule has 0 spiro atoms. The van der Waals surface area contributed by atoms with Gasteiger partial charge in [0, 0.05) is 38.6 Å². The molecule has 0 saturated carbocycles. The van der Waals surface area contributed by atoms with Crippen LogP contribution in [0, 0.1) is 6.92 Å². The maximum Gasteiger partial charge on any atom is 0.261 e. The molecular formula is C31H41ClN8O2. The molecule has 0 amide bonds. The zero-order valence-corrected chi connectivity index (χ0v) is 25.3. The number of rotatable bonds is 10. The molecule has 0 aliphatic carbocycles. The lowest BCUT2D eigenvalue weighted by molar-refractivity contribution is 0.0728. The molecule has 2 aliphatic rings. The summed E-state index contributed by atoms with van der Waals surface area (Å²) >= 11 is 5.98. The minimum atomic E-state index is -0.184. The van der Waals surface area contributed by atoms with E-state index in [-0.39, 0.29) is 5.56 Å². The van der Waals surface area contributed by atoms with Crippen molar-refractivity contribution in [1.82, 2.24) is 34.5 Å². The quantitative estimate of drug-likeness (QED) is 0.249. The zero-order valence-electron chi connectivity index (χ0n) is 24.5. The molecule has 3 N–H and O–H groups in total. The molecular weight excluding hydrogens is 552 g/mol. The van der Waals surface area contributed by atoms with Gasteiger partial charge in [0.05, 0.1) is 41.1 Å². The molecule has 0 atom stereocenters. The number of imidazole rings is 1. The Bertz CT molecular complexity index is 1550. The molecule has 4 aromatic rings. The van der Waals surface area contributed by atoms with Crippen molar-refractivity contribution < 1.29 is 4.74 Å². The summed E-state index contributed by atoms with van der Waals surface area (Å²) in [5.41, 5.74) is 5.44. The molecule has 0 bridgehead atoms. The maximum atomic E-state index is 13.0. The Morgan fingerprint density at radius 1 is 1.12 bits per heavy atom. The minimum absolute atomic E-state index is 0.184. The number of nitrogens with one attached hydrogen (secondary N) is 3.